The van der Waals surface area contributed by atoms with E-state index in [1.165, 1.54) is 12.5 Å². The topological polar surface area (TPSA) is 72.7 Å². The summed E-state index contributed by atoms with van der Waals surface area (Å²) in [7, 11) is 1.71. The molecule has 0 unspecified atom stereocenters. The Morgan fingerprint density at radius 1 is 1.32 bits per heavy atom. The van der Waals surface area contributed by atoms with Gasteiger partial charge in [-0.1, -0.05) is 0 Å². The average Bonchev–Trinajstić information content (AvgIpc) is 2.89. The van der Waals surface area contributed by atoms with Crippen molar-refractivity contribution < 1.29 is 18.0 Å². The molecule has 0 aromatic carbocycles. The molecular weight excluding hydrogens is 335 g/mol. The summed E-state index contributed by atoms with van der Waals surface area (Å²) in [6.45, 7) is 0. The van der Waals surface area contributed by atoms with Gasteiger partial charge in [0.15, 0.2) is 5.82 Å². The van der Waals surface area contributed by atoms with E-state index in [-0.39, 0.29) is 35.8 Å². The number of rotatable bonds is 3. The molecule has 2 fully saturated rings. The molecule has 1 spiro atoms. The molecule has 2 saturated carbocycles. The van der Waals surface area contributed by atoms with E-state index in [0.717, 1.165) is 6.07 Å². The van der Waals surface area contributed by atoms with Crippen molar-refractivity contribution in [3.63, 3.8) is 0 Å². The van der Waals surface area contributed by atoms with Crippen LogP contribution in [0.5, 0.6) is 0 Å². The number of aryl methyl sites for hydroxylation is 1. The number of halogens is 3. The summed E-state index contributed by atoms with van der Waals surface area (Å²) in [5.41, 5.74) is 0.0505. The number of imidazole rings is 1. The monoisotopic (exact) mass is 351 g/mol. The molecule has 25 heavy (non-hydrogen) atoms. The van der Waals surface area contributed by atoms with Gasteiger partial charge in [-0.05, 0) is 18.3 Å². The van der Waals surface area contributed by atoms with Crippen molar-refractivity contribution in [1.29, 1.82) is 0 Å². The highest BCUT2D eigenvalue weighted by Crippen LogP contribution is 2.62. The van der Waals surface area contributed by atoms with Gasteiger partial charge in [-0.25, -0.2) is 18.7 Å². The second-order valence-electron chi connectivity index (χ2n) is 7.08. The Morgan fingerprint density at radius 2 is 2.04 bits per heavy atom. The van der Waals surface area contributed by atoms with Gasteiger partial charge in [0.05, 0.1) is 12.5 Å². The molecule has 9 heteroatoms. The standard InChI is InChI=1S/C16H16F3N5O/c1-24-8-20-5-11(24)13-22-10(2-12(17)23-13)14(25)21-9-3-15(4-9)6-16(18,19)7-15/h2,5,8-9H,3-4,6-7H2,1H3,(H,21,25). The summed E-state index contributed by atoms with van der Waals surface area (Å²) >= 11 is 0. The number of nitrogens with zero attached hydrogens (tertiary/aromatic N) is 4. The van der Waals surface area contributed by atoms with Gasteiger partial charge in [0, 0.05) is 32.0 Å². The fourth-order valence-electron chi connectivity index (χ4n) is 3.90. The Labute approximate surface area is 141 Å². The van der Waals surface area contributed by atoms with Crippen LogP contribution in [0.4, 0.5) is 13.2 Å². The van der Waals surface area contributed by atoms with Gasteiger partial charge in [0.1, 0.15) is 11.4 Å². The number of carbonyl (C=O) groups is 1. The predicted octanol–water partition coefficient (Wildman–Crippen LogP) is 2.32. The van der Waals surface area contributed by atoms with Crippen molar-refractivity contribution in [3.8, 4) is 11.5 Å². The summed E-state index contributed by atoms with van der Waals surface area (Å²) in [5, 5.41) is 2.73. The maximum absolute atomic E-state index is 13.8. The molecule has 2 aromatic heterocycles. The zero-order valence-corrected chi connectivity index (χ0v) is 13.5. The highest BCUT2D eigenvalue weighted by atomic mass is 19.3. The molecule has 2 aliphatic rings. The molecule has 0 bridgehead atoms. The summed E-state index contributed by atoms with van der Waals surface area (Å²) in [6, 6.07) is 0.781. The molecule has 2 heterocycles. The van der Waals surface area contributed by atoms with E-state index in [1.54, 1.807) is 11.6 Å². The maximum atomic E-state index is 13.8. The second kappa shape index (κ2) is 5.27. The van der Waals surface area contributed by atoms with Crippen LogP contribution < -0.4 is 5.32 Å². The van der Waals surface area contributed by atoms with E-state index < -0.39 is 17.8 Å². The molecule has 0 saturated heterocycles. The van der Waals surface area contributed by atoms with Crippen LogP contribution in [0, 0.1) is 11.4 Å². The summed E-state index contributed by atoms with van der Waals surface area (Å²) in [4.78, 5) is 24.0. The minimum Gasteiger partial charge on any atom is -0.348 e. The van der Waals surface area contributed by atoms with Crippen molar-refractivity contribution in [2.75, 3.05) is 0 Å². The van der Waals surface area contributed by atoms with Crippen LogP contribution in [0.25, 0.3) is 11.5 Å². The molecule has 132 valence electrons. The van der Waals surface area contributed by atoms with Gasteiger partial charge < -0.3 is 9.88 Å². The van der Waals surface area contributed by atoms with Gasteiger partial charge in [-0.3, -0.25) is 4.79 Å². The van der Waals surface area contributed by atoms with Crippen molar-refractivity contribution in [1.82, 2.24) is 24.8 Å². The number of amides is 1. The Bertz CT molecular complexity index is 834. The summed E-state index contributed by atoms with van der Waals surface area (Å²) in [6.07, 6.45) is 3.82. The van der Waals surface area contributed by atoms with E-state index in [0.29, 0.717) is 18.5 Å². The lowest BCUT2D eigenvalue weighted by molar-refractivity contribution is -0.197. The van der Waals surface area contributed by atoms with Crippen LogP contribution in [0.3, 0.4) is 0 Å². The molecule has 0 aliphatic heterocycles. The van der Waals surface area contributed by atoms with Crippen LogP contribution in [0.15, 0.2) is 18.6 Å². The van der Waals surface area contributed by atoms with Crippen molar-refractivity contribution in [2.45, 2.75) is 37.6 Å². The molecule has 2 aromatic rings. The average molecular weight is 351 g/mol. The summed E-state index contributed by atoms with van der Waals surface area (Å²) in [5.74, 6) is -3.85. The maximum Gasteiger partial charge on any atom is 0.270 e. The zero-order valence-electron chi connectivity index (χ0n) is 13.5. The Kier molecular flexibility index (Phi) is 3.38. The molecular formula is C16H16F3N5O. The Morgan fingerprint density at radius 3 is 2.64 bits per heavy atom. The fourth-order valence-corrected chi connectivity index (χ4v) is 3.90. The van der Waals surface area contributed by atoms with Crippen molar-refractivity contribution >= 4 is 5.91 Å². The van der Waals surface area contributed by atoms with Crippen molar-refractivity contribution in [2.24, 2.45) is 12.5 Å². The van der Waals surface area contributed by atoms with Gasteiger partial charge in [-0.2, -0.15) is 9.37 Å². The number of hydrogen-bond acceptors (Lipinski definition) is 4. The number of carbonyl (C=O) groups excluding carboxylic acids is 1. The van der Waals surface area contributed by atoms with Gasteiger partial charge in [0.2, 0.25) is 11.9 Å². The van der Waals surface area contributed by atoms with Gasteiger partial charge in [-0.15, -0.1) is 0 Å². The van der Waals surface area contributed by atoms with E-state index in [1.807, 2.05) is 0 Å². The fraction of sp³-hybridized carbons (Fsp3) is 0.500. The van der Waals surface area contributed by atoms with E-state index in [9.17, 15) is 18.0 Å². The lowest BCUT2D eigenvalue weighted by Gasteiger charge is -2.57. The predicted molar refractivity (Wildman–Crippen MR) is 81.3 cm³/mol. The van der Waals surface area contributed by atoms with E-state index >= 15 is 0 Å². The highest BCUT2D eigenvalue weighted by molar-refractivity contribution is 5.92. The molecule has 0 atom stereocenters. The van der Waals surface area contributed by atoms with Gasteiger partial charge >= 0.3 is 0 Å². The van der Waals surface area contributed by atoms with Crippen LogP contribution in [0.1, 0.15) is 36.2 Å². The quantitative estimate of drug-likeness (QED) is 0.862. The van der Waals surface area contributed by atoms with Crippen LogP contribution in [0.2, 0.25) is 0 Å². The minimum atomic E-state index is -2.57. The first-order valence-electron chi connectivity index (χ1n) is 7.95. The van der Waals surface area contributed by atoms with Crippen molar-refractivity contribution in [3.05, 3.63) is 30.2 Å². The van der Waals surface area contributed by atoms with E-state index in [2.05, 4.69) is 20.3 Å². The van der Waals surface area contributed by atoms with Crippen LogP contribution in [-0.4, -0.2) is 37.4 Å². The minimum absolute atomic E-state index is 0.0638. The zero-order chi connectivity index (χ0) is 17.8. The van der Waals surface area contributed by atoms with Crippen LogP contribution >= 0.6 is 0 Å². The number of hydrogen-bond donors (Lipinski definition) is 1. The molecule has 4 rings (SSSR count). The first-order chi connectivity index (χ1) is 11.8. The Balaban J connectivity index is 1.45. The molecule has 1 amide bonds. The van der Waals surface area contributed by atoms with E-state index in [4.69, 9.17) is 0 Å². The number of nitrogens with one attached hydrogen (secondary N) is 1. The molecule has 2 aliphatic carbocycles. The third-order valence-electron chi connectivity index (χ3n) is 4.93. The number of aromatic nitrogens is 4. The Hall–Kier alpha value is -2.45. The lowest BCUT2D eigenvalue weighted by Crippen LogP contribution is -2.59. The smallest absolute Gasteiger partial charge is 0.270 e. The molecule has 0 radical (unpaired) electrons. The lowest BCUT2D eigenvalue weighted by atomic mass is 9.52. The SMILES string of the molecule is Cn1cncc1-c1nc(F)cc(C(=O)NC2CC3(C2)CC(F)(F)C3)n1. The normalized spacial score (nSPS) is 20.8. The largest absolute Gasteiger partial charge is 0.348 e. The van der Waals surface area contributed by atoms with Gasteiger partial charge in [0.25, 0.3) is 5.91 Å². The summed E-state index contributed by atoms with van der Waals surface area (Å²) < 4.78 is 41.4. The van der Waals surface area contributed by atoms with Crippen LogP contribution in [-0.2, 0) is 7.05 Å². The third-order valence-corrected chi connectivity index (χ3v) is 4.93. The third kappa shape index (κ3) is 2.87. The molecule has 1 N–H and O–H groups in total. The first kappa shape index (κ1) is 16.0. The highest BCUT2D eigenvalue weighted by Gasteiger charge is 2.61. The molecule has 6 nitrogen and oxygen atoms in total. The first-order valence-corrected chi connectivity index (χ1v) is 7.95. The number of alkyl halides is 2. The second-order valence-corrected chi connectivity index (χ2v) is 7.08.